The average molecular weight is 237 g/mol. The van der Waals surface area contributed by atoms with Crippen molar-refractivity contribution in [1.29, 1.82) is 0 Å². The zero-order chi connectivity index (χ0) is 12.1. The minimum atomic E-state index is -0.177. The summed E-state index contributed by atoms with van der Waals surface area (Å²) in [5.41, 5.74) is 0. The molecule has 0 saturated carbocycles. The second-order valence-electron chi connectivity index (χ2n) is 4.43. The summed E-state index contributed by atoms with van der Waals surface area (Å²) in [7, 11) is 1.43. The van der Waals surface area contributed by atoms with Crippen molar-refractivity contribution >= 4 is 5.97 Å². The van der Waals surface area contributed by atoms with Crippen LogP contribution in [0.3, 0.4) is 0 Å². The monoisotopic (exact) mass is 237 g/mol. The smallest absolute Gasteiger partial charge is 0.319 e. The Labute approximate surface area is 102 Å². The van der Waals surface area contributed by atoms with Crippen molar-refractivity contribution in [1.82, 2.24) is 4.90 Å². The third kappa shape index (κ3) is 3.09. The van der Waals surface area contributed by atoms with Crippen molar-refractivity contribution in [2.45, 2.75) is 31.7 Å². The van der Waals surface area contributed by atoms with Crippen molar-refractivity contribution in [3.63, 3.8) is 0 Å². The number of carbonyl (C=O) groups is 1. The molecule has 1 fully saturated rings. The number of ether oxygens (including phenoxy) is 1. The molecule has 2 rings (SSSR count). The molecule has 1 aliphatic heterocycles. The van der Waals surface area contributed by atoms with E-state index in [1.807, 2.05) is 12.1 Å². The lowest BCUT2D eigenvalue weighted by Gasteiger charge is -2.27. The molecule has 0 spiro atoms. The zero-order valence-electron chi connectivity index (χ0n) is 10.2. The minimum absolute atomic E-state index is 0.177. The van der Waals surface area contributed by atoms with E-state index in [0.717, 1.165) is 25.1 Å². The van der Waals surface area contributed by atoms with Crippen molar-refractivity contribution in [3.05, 3.63) is 24.2 Å². The topological polar surface area (TPSA) is 42.7 Å². The molecule has 17 heavy (non-hydrogen) atoms. The van der Waals surface area contributed by atoms with Gasteiger partial charge in [-0.1, -0.05) is 12.8 Å². The molecule has 0 amide bonds. The number of likely N-dealkylation sites (tertiary alicyclic amines) is 1. The summed E-state index contributed by atoms with van der Waals surface area (Å²) >= 11 is 0. The average Bonchev–Trinajstić information content (AvgIpc) is 2.77. The summed E-state index contributed by atoms with van der Waals surface area (Å²) in [6, 6.07) is 4.10. The largest absolute Gasteiger partial charge is 0.468 e. The molecular weight excluding hydrogens is 218 g/mol. The molecule has 94 valence electrons. The molecule has 0 radical (unpaired) electrons. The van der Waals surface area contributed by atoms with Gasteiger partial charge >= 0.3 is 5.97 Å². The summed E-state index contributed by atoms with van der Waals surface area (Å²) in [4.78, 5) is 13.6. The van der Waals surface area contributed by atoms with Gasteiger partial charge in [0.05, 0.1) is 26.0 Å². The van der Waals surface area contributed by atoms with Crippen LogP contribution in [0.1, 0.15) is 37.5 Å². The van der Waals surface area contributed by atoms with Gasteiger partial charge in [-0.25, -0.2) is 0 Å². The van der Waals surface area contributed by atoms with E-state index in [4.69, 9.17) is 9.15 Å². The van der Waals surface area contributed by atoms with Crippen molar-refractivity contribution in [3.8, 4) is 0 Å². The van der Waals surface area contributed by atoms with E-state index < -0.39 is 0 Å². The standard InChI is InChI=1S/C13H19NO3/c1-16-13(15)10-14-8-4-2-3-6-11(14)12-7-5-9-17-12/h5,7,9,11H,2-4,6,8,10H2,1H3/t11-/m0/s1. The number of nitrogens with zero attached hydrogens (tertiary/aromatic N) is 1. The molecule has 1 aromatic heterocycles. The van der Waals surface area contributed by atoms with Gasteiger partial charge in [0.1, 0.15) is 5.76 Å². The number of rotatable bonds is 3. The fourth-order valence-electron chi connectivity index (χ4n) is 2.39. The van der Waals surface area contributed by atoms with E-state index in [1.165, 1.54) is 20.0 Å². The Balaban J connectivity index is 2.10. The Morgan fingerprint density at radius 3 is 3.12 bits per heavy atom. The lowest BCUT2D eigenvalue weighted by atomic mass is 10.1. The lowest BCUT2D eigenvalue weighted by Crippen LogP contribution is -2.34. The molecule has 0 aromatic carbocycles. The van der Waals surface area contributed by atoms with Crippen molar-refractivity contribution in [2.75, 3.05) is 20.2 Å². The van der Waals surface area contributed by atoms with Gasteiger partial charge in [-0.2, -0.15) is 0 Å². The Bertz CT molecular complexity index is 348. The van der Waals surface area contributed by atoms with Gasteiger partial charge in [0, 0.05) is 0 Å². The molecule has 0 aliphatic carbocycles. The van der Waals surface area contributed by atoms with Crippen LogP contribution in [0.5, 0.6) is 0 Å². The van der Waals surface area contributed by atoms with Crippen LogP contribution in [0.4, 0.5) is 0 Å². The van der Waals surface area contributed by atoms with E-state index in [9.17, 15) is 4.79 Å². The number of hydrogen-bond acceptors (Lipinski definition) is 4. The molecule has 1 aromatic rings. The van der Waals surface area contributed by atoms with Crippen LogP contribution in [0, 0.1) is 0 Å². The molecule has 1 atom stereocenters. The summed E-state index contributed by atoms with van der Waals surface area (Å²) in [5.74, 6) is 0.777. The first kappa shape index (κ1) is 12.2. The molecule has 4 nitrogen and oxygen atoms in total. The van der Waals surface area contributed by atoms with E-state index >= 15 is 0 Å². The normalized spacial score (nSPS) is 22.1. The highest BCUT2D eigenvalue weighted by Gasteiger charge is 2.26. The quantitative estimate of drug-likeness (QED) is 0.757. The zero-order valence-corrected chi connectivity index (χ0v) is 10.2. The van der Waals surface area contributed by atoms with Gasteiger partial charge < -0.3 is 9.15 Å². The van der Waals surface area contributed by atoms with Crippen molar-refractivity contribution < 1.29 is 13.9 Å². The highest BCUT2D eigenvalue weighted by molar-refractivity contribution is 5.71. The first-order valence-corrected chi connectivity index (χ1v) is 6.15. The van der Waals surface area contributed by atoms with E-state index in [2.05, 4.69) is 4.90 Å². The van der Waals surface area contributed by atoms with Crippen molar-refractivity contribution in [2.24, 2.45) is 0 Å². The number of methoxy groups -OCH3 is 1. The molecule has 1 saturated heterocycles. The predicted molar refractivity (Wildman–Crippen MR) is 63.5 cm³/mol. The summed E-state index contributed by atoms with van der Waals surface area (Å²) < 4.78 is 10.2. The van der Waals surface area contributed by atoms with E-state index in [0.29, 0.717) is 6.54 Å². The van der Waals surface area contributed by atoms with E-state index in [1.54, 1.807) is 6.26 Å². The third-order valence-corrected chi connectivity index (χ3v) is 3.30. The maximum Gasteiger partial charge on any atom is 0.319 e. The molecule has 0 bridgehead atoms. The molecule has 2 heterocycles. The molecular formula is C13H19NO3. The van der Waals surface area contributed by atoms with E-state index in [-0.39, 0.29) is 12.0 Å². The van der Waals surface area contributed by atoms with Crippen LogP contribution in [0.2, 0.25) is 0 Å². The van der Waals surface area contributed by atoms with Crippen LogP contribution in [0.25, 0.3) is 0 Å². The fraction of sp³-hybridized carbons (Fsp3) is 0.615. The third-order valence-electron chi connectivity index (χ3n) is 3.30. The molecule has 0 N–H and O–H groups in total. The number of furan rings is 1. The van der Waals surface area contributed by atoms with Crippen LogP contribution in [0.15, 0.2) is 22.8 Å². The number of carbonyl (C=O) groups excluding carboxylic acids is 1. The highest BCUT2D eigenvalue weighted by Crippen LogP contribution is 2.30. The van der Waals surface area contributed by atoms with Crippen LogP contribution >= 0.6 is 0 Å². The van der Waals surface area contributed by atoms with Gasteiger partial charge in [0.2, 0.25) is 0 Å². The number of hydrogen-bond donors (Lipinski definition) is 0. The fourth-order valence-corrected chi connectivity index (χ4v) is 2.39. The highest BCUT2D eigenvalue weighted by atomic mass is 16.5. The maximum atomic E-state index is 11.4. The Morgan fingerprint density at radius 1 is 1.53 bits per heavy atom. The van der Waals surface area contributed by atoms with Crippen LogP contribution in [-0.2, 0) is 9.53 Å². The van der Waals surface area contributed by atoms with Gasteiger partial charge in [0.25, 0.3) is 0 Å². The van der Waals surface area contributed by atoms with Crippen LogP contribution in [-0.4, -0.2) is 31.1 Å². The predicted octanol–water partition coefficient (Wildman–Crippen LogP) is 2.37. The molecule has 4 heteroatoms. The van der Waals surface area contributed by atoms with Gasteiger partial charge in [-0.15, -0.1) is 0 Å². The SMILES string of the molecule is COC(=O)CN1CCCCC[C@H]1c1ccco1. The second-order valence-corrected chi connectivity index (χ2v) is 4.43. The first-order chi connectivity index (χ1) is 8.31. The summed E-state index contributed by atoms with van der Waals surface area (Å²) in [6.45, 7) is 1.28. The maximum absolute atomic E-state index is 11.4. The van der Waals surface area contributed by atoms with Gasteiger partial charge in [-0.3, -0.25) is 9.69 Å². The second kappa shape index (κ2) is 5.87. The minimum Gasteiger partial charge on any atom is -0.468 e. The summed E-state index contributed by atoms with van der Waals surface area (Å²) in [6.07, 6.45) is 6.27. The molecule has 1 aliphatic rings. The Kier molecular flexibility index (Phi) is 4.20. The Hall–Kier alpha value is -1.29. The lowest BCUT2D eigenvalue weighted by molar-refractivity contribution is -0.142. The number of esters is 1. The summed E-state index contributed by atoms with van der Waals surface area (Å²) in [5, 5.41) is 0. The first-order valence-electron chi connectivity index (χ1n) is 6.15. The van der Waals surface area contributed by atoms with Gasteiger partial charge in [0.15, 0.2) is 0 Å². The van der Waals surface area contributed by atoms with Crippen LogP contribution < -0.4 is 0 Å². The Morgan fingerprint density at radius 2 is 2.41 bits per heavy atom. The molecule has 0 unspecified atom stereocenters. The van der Waals surface area contributed by atoms with Gasteiger partial charge in [-0.05, 0) is 31.5 Å².